The summed E-state index contributed by atoms with van der Waals surface area (Å²) in [5.74, 6) is 0. The van der Waals surface area contributed by atoms with E-state index in [4.69, 9.17) is 11.1 Å². The van der Waals surface area contributed by atoms with Crippen molar-refractivity contribution in [2.24, 2.45) is 0 Å². The summed E-state index contributed by atoms with van der Waals surface area (Å²) in [5.41, 5.74) is 6.18. The Bertz CT molecular complexity index is 202. The van der Waals surface area contributed by atoms with E-state index in [1.165, 1.54) is 0 Å². The second-order valence-corrected chi connectivity index (χ2v) is 1.72. The lowest BCUT2D eigenvalue weighted by molar-refractivity contribution is 1.61. The molecule has 0 heterocycles. The number of hydrogen-bond acceptors (Lipinski definition) is 3. The van der Waals surface area contributed by atoms with E-state index in [9.17, 15) is 0 Å². The lowest BCUT2D eigenvalue weighted by Crippen LogP contribution is -1.79. The molecule has 0 aliphatic heterocycles. The van der Waals surface area contributed by atoms with Crippen molar-refractivity contribution in [3.63, 3.8) is 0 Å². The number of hydrogen-bond donors (Lipinski definition) is 2. The minimum atomic E-state index is 0.822. The van der Waals surface area contributed by atoms with E-state index in [1.807, 2.05) is 30.3 Å². The Morgan fingerprint density at radius 2 is 1.70 bits per heavy atom. The number of rotatable bonds is 0. The van der Waals surface area contributed by atoms with Crippen molar-refractivity contribution in [1.82, 2.24) is 0 Å². The topological polar surface area (TPSA) is 49.9 Å². The summed E-state index contributed by atoms with van der Waals surface area (Å²) in [5, 5.41) is 7.36. The molecule has 0 unspecified atom stereocenters. The van der Waals surface area contributed by atoms with Crippen LogP contribution >= 0.6 is 12.2 Å². The van der Waals surface area contributed by atoms with Crippen LogP contribution in [0.5, 0.6) is 0 Å². The molecule has 0 aromatic heterocycles. The zero-order valence-corrected chi connectivity index (χ0v) is 6.19. The predicted octanol–water partition coefficient (Wildman–Crippen LogP) is 1.94. The molecule has 0 radical (unpaired) electrons. The largest absolute Gasteiger partial charge is 0.399 e. The van der Waals surface area contributed by atoms with Gasteiger partial charge in [-0.05, 0) is 24.4 Å². The zero-order chi connectivity index (χ0) is 7.82. The third-order valence-corrected chi connectivity index (χ3v) is 0.800. The zero-order valence-electron chi connectivity index (χ0n) is 5.37. The van der Waals surface area contributed by atoms with Crippen LogP contribution in [-0.2, 0) is 0 Å². The number of nitrogen functional groups attached to an aromatic ring is 1. The smallest absolute Gasteiger partial charge is 0.0554 e. The van der Waals surface area contributed by atoms with E-state index < -0.39 is 0 Å². The van der Waals surface area contributed by atoms with Gasteiger partial charge in [-0.3, -0.25) is 0 Å². The molecule has 0 amide bonds. The first-order valence-electron chi connectivity index (χ1n) is 2.65. The van der Waals surface area contributed by atoms with E-state index in [0.717, 1.165) is 5.69 Å². The number of thiocarbonyl (C=S) groups is 1. The highest BCUT2D eigenvalue weighted by Gasteiger charge is 1.72. The first kappa shape index (κ1) is 8.82. The van der Waals surface area contributed by atoms with E-state index in [2.05, 4.69) is 12.2 Å². The molecule has 3 heteroatoms. The molecule has 0 saturated heterocycles. The summed E-state index contributed by atoms with van der Waals surface area (Å²) in [7, 11) is 0. The van der Waals surface area contributed by atoms with Crippen LogP contribution < -0.4 is 5.73 Å². The number of anilines is 1. The number of nitrogens with one attached hydrogen (secondary N) is 1. The standard InChI is InChI=1S/C6H7N.CHNS/c7-6-4-2-1-3-5-6;2-1-3/h1-5H,7H2;2H. The fraction of sp³-hybridized carbons (Fsp3) is 0. The summed E-state index contributed by atoms with van der Waals surface area (Å²) in [6.07, 6.45) is 0. The second kappa shape index (κ2) is 5.95. The van der Waals surface area contributed by atoms with Crippen LogP contribution in [0.3, 0.4) is 0 Å². The van der Waals surface area contributed by atoms with Crippen molar-refractivity contribution < 1.29 is 0 Å². The lowest BCUT2D eigenvalue weighted by atomic mass is 10.3. The molecule has 3 N–H and O–H groups in total. The Kier molecular flexibility index (Phi) is 5.25. The third kappa shape index (κ3) is 4.97. The van der Waals surface area contributed by atoms with Crippen LogP contribution in [0.25, 0.3) is 0 Å². The van der Waals surface area contributed by atoms with Gasteiger partial charge in [0.05, 0.1) is 5.16 Å². The van der Waals surface area contributed by atoms with Crippen molar-refractivity contribution in [3.8, 4) is 0 Å². The molecule has 0 bridgehead atoms. The van der Waals surface area contributed by atoms with Crippen molar-refractivity contribution in [1.29, 1.82) is 5.41 Å². The van der Waals surface area contributed by atoms with Gasteiger partial charge in [-0.2, -0.15) is 0 Å². The molecule has 0 atom stereocenters. The van der Waals surface area contributed by atoms with Crippen molar-refractivity contribution in [3.05, 3.63) is 30.3 Å². The van der Waals surface area contributed by atoms with Gasteiger partial charge in [0, 0.05) is 5.69 Å². The molecule has 1 rings (SSSR count). The maximum Gasteiger partial charge on any atom is 0.0554 e. The van der Waals surface area contributed by atoms with Gasteiger partial charge >= 0.3 is 0 Å². The minimum Gasteiger partial charge on any atom is -0.399 e. The quantitative estimate of drug-likeness (QED) is 0.339. The first-order valence-corrected chi connectivity index (χ1v) is 3.06. The molecule has 1 aromatic rings. The van der Waals surface area contributed by atoms with Crippen molar-refractivity contribution in [2.75, 3.05) is 5.73 Å². The minimum absolute atomic E-state index is 0.822. The Hall–Kier alpha value is -1.18. The maximum absolute atomic E-state index is 5.77. The molecule has 2 nitrogen and oxygen atoms in total. The maximum atomic E-state index is 5.77. The van der Waals surface area contributed by atoms with Crippen molar-refractivity contribution in [2.45, 2.75) is 0 Å². The van der Waals surface area contributed by atoms with Crippen LogP contribution in [0.2, 0.25) is 0 Å². The van der Waals surface area contributed by atoms with Crippen molar-refractivity contribution >= 4 is 23.1 Å². The lowest BCUT2D eigenvalue weighted by Gasteiger charge is -1.83. The fourth-order valence-corrected chi connectivity index (χ4v) is 0.453. The molecular formula is C7H8N2S. The average Bonchev–Trinajstić information content (AvgIpc) is 1.91. The Morgan fingerprint density at radius 3 is 1.90 bits per heavy atom. The molecule has 0 aliphatic carbocycles. The first-order chi connectivity index (χ1) is 4.81. The summed E-state index contributed by atoms with van der Waals surface area (Å²) in [6.45, 7) is 0. The summed E-state index contributed by atoms with van der Waals surface area (Å²) < 4.78 is 0. The Labute approximate surface area is 65.2 Å². The summed E-state index contributed by atoms with van der Waals surface area (Å²) in [4.78, 5) is 0. The van der Waals surface area contributed by atoms with Gasteiger partial charge in [0.15, 0.2) is 0 Å². The fourth-order valence-electron chi connectivity index (χ4n) is 0.453. The van der Waals surface area contributed by atoms with Gasteiger partial charge in [0.25, 0.3) is 0 Å². The van der Waals surface area contributed by atoms with E-state index in [1.54, 1.807) is 5.16 Å². The Morgan fingerprint density at radius 1 is 1.30 bits per heavy atom. The van der Waals surface area contributed by atoms with E-state index in [-0.39, 0.29) is 0 Å². The normalized spacial score (nSPS) is 6.80. The second-order valence-electron chi connectivity index (χ2n) is 1.51. The summed E-state index contributed by atoms with van der Waals surface area (Å²) >= 11 is 3.81. The van der Waals surface area contributed by atoms with E-state index >= 15 is 0 Å². The van der Waals surface area contributed by atoms with Gasteiger partial charge in [0.2, 0.25) is 0 Å². The SMILES string of the molecule is N=C=S.Nc1ccccc1. The number of benzene rings is 1. The van der Waals surface area contributed by atoms with Gasteiger partial charge in [-0.15, -0.1) is 0 Å². The number of para-hydroxylation sites is 1. The predicted molar refractivity (Wildman–Crippen MR) is 46.2 cm³/mol. The van der Waals surface area contributed by atoms with Crippen LogP contribution in [-0.4, -0.2) is 5.16 Å². The molecule has 52 valence electrons. The van der Waals surface area contributed by atoms with Gasteiger partial charge in [-0.1, -0.05) is 18.2 Å². The molecular weight excluding hydrogens is 144 g/mol. The summed E-state index contributed by atoms with van der Waals surface area (Å²) in [6, 6.07) is 9.49. The van der Waals surface area contributed by atoms with Crippen LogP contribution in [0.4, 0.5) is 5.69 Å². The van der Waals surface area contributed by atoms with Crippen LogP contribution in [0.15, 0.2) is 30.3 Å². The van der Waals surface area contributed by atoms with Gasteiger partial charge < -0.3 is 5.73 Å². The average molecular weight is 152 g/mol. The van der Waals surface area contributed by atoms with E-state index in [0.29, 0.717) is 0 Å². The van der Waals surface area contributed by atoms with Crippen LogP contribution in [0.1, 0.15) is 0 Å². The Balaban J connectivity index is 0.000000236. The highest BCUT2D eigenvalue weighted by molar-refractivity contribution is 7.78. The highest BCUT2D eigenvalue weighted by Crippen LogP contribution is 1.95. The van der Waals surface area contributed by atoms with Gasteiger partial charge in [0.1, 0.15) is 0 Å². The molecule has 0 spiro atoms. The molecule has 0 fully saturated rings. The van der Waals surface area contributed by atoms with Gasteiger partial charge in [-0.25, -0.2) is 5.41 Å². The number of nitrogens with two attached hydrogens (primary N) is 1. The molecule has 1 aromatic carbocycles. The third-order valence-electron chi connectivity index (χ3n) is 0.800. The monoisotopic (exact) mass is 152 g/mol. The highest BCUT2D eigenvalue weighted by atomic mass is 32.1. The molecule has 0 aliphatic rings. The van der Waals surface area contributed by atoms with Crippen LogP contribution in [0, 0.1) is 5.41 Å². The number of isothiocyanates is 1. The molecule has 0 saturated carbocycles. The molecule has 10 heavy (non-hydrogen) atoms.